The molecular formula is HCl3P5Zr. The normalized spacial score (nSPS) is 11.9. The second-order valence-corrected chi connectivity index (χ2v) is 24.3. The van der Waals surface area contributed by atoms with Gasteiger partial charge in [-0.2, -0.15) is 0 Å². The Morgan fingerprint density at radius 3 is 1.44 bits per heavy atom. The first kappa shape index (κ1) is 12.3. The minimum absolute atomic E-state index is 1.23. The van der Waals surface area contributed by atoms with Gasteiger partial charge in [-0.3, -0.25) is 0 Å². The Morgan fingerprint density at radius 2 is 1.33 bits per heavy atom. The van der Waals surface area contributed by atoms with Crippen molar-refractivity contribution in [2.45, 2.75) is 0 Å². The molecular weight excluding hydrogens is 352 g/mol. The number of halogens is 3. The van der Waals surface area contributed by atoms with Gasteiger partial charge in [0.1, 0.15) is 0 Å². The summed E-state index contributed by atoms with van der Waals surface area (Å²) in [5, 5.41) is 0. The van der Waals surface area contributed by atoms with Crippen molar-refractivity contribution in [1.29, 1.82) is 0 Å². The fourth-order valence-electron chi connectivity index (χ4n) is 0.100. The van der Waals surface area contributed by atoms with Crippen LogP contribution in [-0.4, -0.2) is 0 Å². The Bertz CT molecular complexity index is 95.8. The van der Waals surface area contributed by atoms with Crippen LogP contribution in [-0.2, 0) is 18.2 Å². The summed E-state index contributed by atoms with van der Waals surface area (Å²) in [5.74, 6) is 0. The van der Waals surface area contributed by atoms with Gasteiger partial charge in [-0.25, -0.2) is 0 Å². The summed E-state index contributed by atoms with van der Waals surface area (Å²) in [5.41, 5.74) is 0. The van der Waals surface area contributed by atoms with Crippen LogP contribution >= 0.6 is 63.3 Å². The molecule has 1 aromatic heterocycles. The molecule has 0 aliphatic rings. The zero-order valence-electron chi connectivity index (χ0n) is 3.92. The van der Waals surface area contributed by atoms with E-state index in [1.807, 2.05) is 0 Å². The fourth-order valence-corrected chi connectivity index (χ4v) is 24.3. The quantitative estimate of drug-likeness (QED) is 0.528. The molecule has 0 aliphatic heterocycles. The molecule has 0 N–H and O–H groups in total. The van der Waals surface area contributed by atoms with Gasteiger partial charge in [-0.15, -0.1) is 0 Å². The Morgan fingerprint density at radius 1 is 1.00 bits per heavy atom. The zero-order chi connectivity index (χ0) is 7.11. The van der Waals surface area contributed by atoms with Crippen LogP contribution in [0, 0.1) is 0 Å². The summed E-state index contributed by atoms with van der Waals surface area (Å²) in [4.78, 5) is 0. The first-order valence-corrected chi connectivity index (χ1v) is 19.5. The summed E-state index contributed by atoms with van der Waals surface area (Å²) in [6.45, 7) is 0. The molecule has 0 unspecified atom stereocenters. The molecule has 0 atom stereocenters. The van der Waals surface area contributed by atoms with Crippen molar-refractivity contribution in [3.05, 3.63) is 0 Å². The molecule has 0 nitrogen and oxygen atoms in total. The third kappa shape index (κ3) is 14.1. The molecule has 0 aliphatic carbocycles. The summed E-state index contributed by atoms with van der Waals surface area (Å²) in [7, 11) is 22.8. The molecule has 0 bridgehead atoms. The Kier molecular flexibility index (Phi) is 12.7. The van der Waals surface area contributed by atoms with E-state index in [0.717, 1.165) is 0 Å². The SMILES string of the molecule is [Cl][Zr]([Cl])[Cl].p1pp[pH]p1. The van der Waals surface area contributed by atoms with Gasteiger partial charge in [0.15, 0.2) is 0 Å². The Labute approximate surface area is 80.4 Å². The Hall–Kier alpha value is 3.25. The predicted octanol–water partition coefficient (Wildman–Crippen LogP) is 6.10. The number of hydrogen-bond donors (Lipinski definition) is 0. The van der Waals surface area contributed by atoms with Gasteiger partial charge in [0.05, 0.1) is 0 Å². The van der Waals surface area contributed by atoms with Crippen molar-refractivity contribution < 1.29 is 18.2 Å². The first-order valence-electron chi connectivity index (χ1n) is 1.61. The van der Waals surface area contributed by atoms with E-state index in [0.29, 0.717) is 0 Å². The summed E-state index contributed by atoms with van der Waals surface area (Å²) < 4.78 is 0. The van der Waals surface area contributed by atoms with E-state index in [2.05, 4.69) is 0 Å². The third-order valence-electron chi connectivity index (χ3n) is 0.219. The largest absolute Gasteiger partial charge is 0.0716 e. The minimum Gasteiger partial charge on any atom is -0.0716 e. The van der Waals surface area contributed by atoms with E-state index in [-0.39, 0.29) is 0 Å². The molecule has 1 heterocycles. The number of rotatable bonds is 0. The van der Waals surface area contributed by atoms with Crippen LogP contribution in [0.4, 0.5) is 0 Å². The second kappa shape index (κ2) is 9.34. The maximum Gasteiger partial charge on any atom is -0.000975 e. The van der Waals surface area contributed by atoms with Gasteiger partial charge in [0.25, 0.3) is 0 Å². The second-order valence-electron chi connectivity index (χ2n) is 0.693. The first-order chi connectivity index (χ1) is 4.23. The molecule has 0 radical (unpaired) electrons. The van der Waals surface area contributed by atoms with Crippen LogP contribution in [0.5, 0.6) is 0 Å². The van der Waals surface area contributed by atoms with E-state index in [4.69, 9.17) is 25.5 Å². The maximum atomic E-state index is 5.00. The molecule has 9 heteroatoms. The van der Waals surface area contributed by atoms with Crippen molar-refractivity contribution in [1.82, 2.24) is 0 Å². The topological polar surface area (TPSA) is 0 Å². The summed E-state index contributed by atoms with van der Waals surface area (Å²) >= 11 is -2.13. The molecule has 51 valence electrons. The zero-order valence-corrected chi connectivity index (χ0v) is 13.2. The van der Waals surface area contributed by atoms with E-state index < -0.39 is 18.2 Å². The van der Waals surface area contributed by atoms with Gasteiger partial charge in [-0.05, 0) is 30.2 Å². The van der Waals surface area contributed by atoms with Gasteiger partial charge in [-0.1, -0.05) is 7.55 Å². The monoisotopic (exact) mass is 351 g/mol. The molecule has 0 saturated carbocycles. The van der Waals surface area contributed by atoms with Gasteiger partial charge in [0, 0.05) is 0 Å². The smallest absolute Gasteiger partial charge is 0.000975 e. The molecule has 0 spiro atoms. The molecule has 0 aromatic carbocycles. The molecule has 9 heavy (non-hydrogen) atoms. The van der Waals surface area contributed by atoms with Crippen molar-refractivity contribution in [2.24, 2.45) is 0 Å². The predicted molar refractivity (Wildman–Crippen MR) is 53.6 cm³/mol. The van der Waals surface area contributed by atoms with E-state index >= 15 is 0 Å². The fraction of sp³-hybridized carbons (Fsp3) is 0. The minimum atomic E-state index is -2.13. The summed E-state index contributed by atoms with van der Waals surface area (Å²) in [6.07, 6.45) is 0. The van der Waals surface area contributed by atoms with E-state index in [1.54, 1.807) is 30.2 Å². The molecule has 1 rings (SSSR count). The van der Waals surface area contributed by atoms with Crippen molar-refractivity contribution in [3.8, 4) is 0 Å². The molecule has 1 aromatic rings. The van der Waals surface area contributed by atoms with Gasteiger partial charge in [0.2, 0.25) is 0 Å². The van der Waals surface area contributed by atoms with Crippen molar-refractivity contribution in [2.75, 3.05) is 0 Å². The van der Waals surface area contributed by atoms with Crippen LogP contribution in [0.25, 0.3) is 0 Å². The molecule has 0 amide bonds. The standard InChI is InChI=1S/3ClH.HP5.Zr/c;;;1-2-4-5-3-1;/h3*1H;1H;/q;;;;+3/p-3. The van der Waals surface area contributed by atoms with Crippen molar-refractivity contribution in [3.63, 3.8) is 0 Å². The van der Waals surface area contributed by atoms with Crippen LogP contribution in [0.15, 0.2) is 0 Å². The average Bonchev–Trinajstić information content (AvgIpc) is 2.11. The van der Waals surface area contributed by atoms with Crippen LogP contribution in [0.3, 0.4) is 0 Å². The van der Waals surface area contributed by atoms with E-state index in [1.165, 1.54) is 7.55 Å². The Balaban J connectivity index is 0.000000148. The van der Waals surface area contributed by atoms with Crippen LogP contribution in [0.2, 0.25) is 0 Å². The molecule has 0 saturated heterocycles. The summed E-state index contributed by atoms with van der Waals surface area (Å²) in [6, 6.07) is 0. The van der Waals surface area contributed by atoms with Crippen LogP contribution in [0.1, 0.15) is 0 Å². The number of hydrogen-bond acceptors (Lipinski definition) is 0. The molecule has 0 fully saturated rings. The maximum absolute atomic E-state index is 5.00. The van der Waals surface area contributed by atoms with Gasteiger partial charge < -0.3 is 0 Å². The van der Waals surface area contributed by atoms with Gasteiger partial charge >= 0.3 is 43.7 Å². The van der Waals surface area contributed by atoms with Crippen molar-refractivity contribution >= 4 is 63.3 Å². The third-order valence-corrected chi connectivity index (χ3v) is 17.7. The van der Waals surface area contributed by atoms with Crippen LogP contribution < -0.4 is 0 Å². The average molecular weight is 353 g/mol. The van der Waals surface area contributed by atoms with E-state index in [9.17, 15) is 0 Å².